The fourth-order valence-corrected chi connectivity index (χ4v) is 4.21. The number of rotatable bonds is 4. The van der Waals surface area contributed by atoms with Crippen LogP contribution in [0.1, 0.15) is 29.2 Å². The number of thiazole rings is 1. The molecule has 4 rings (SSSR count). The zero-order chi connectivity index (χ0) is 17.2. The minimum absolute atomic E-state index is 0.894. The van der Waals surface area contributed by atoms with Gasteiger partial charge < -0.3 is 9.80 Å². The van der Waals surface area contributed by atoms with Crippen LogP contribution in [0.15, 0.2) is 11.4 Å². The van der Waals surface area contributed by atoms with Gasteiger partial charge in [0, 0.05) is 63.0 Å². The fraction of sp³-hybridized carbons (Fsp3) is 0.611. The van der Waals surface area contributed by atoms with Gasteiger partial charge in [0.05, 0.1) is 10.7 Å². The maximum Gasteiger partial charge on any atom is 0.227 e. The Morgan fingerprint density at radius 1 is 0.920 bits per heavy atom. The molecule has 0 aromatic carbocycles. The number of piperazine rings is 1. The molecular formula is C18H26N6S. The van der Waals surface area contributed by atoms with Gasteiger partial charge >= 0.3 is 0 Å². The molecule has 0 atom stereocenters. The van der Waals surface area contributed by atoms with E-state index in [2.05, 4.69) is 45.0 Å². The molecule has 134 valence electrons. The molecule has 0 aliphatic carbocycles. The summed E-state index contributed by atoms with van der Waals surface area (Å²) in [4.78, 5) is 21.3. The molecule has 0 bridgehead atoms. The van der Waals surface area contributed by atoms with Crippen molar-refractivity contribution in [2.24, 2.45) is 0 Å². The third kappa shape index (κ3) is 3.93. The van der Waals surface area contributed by atoms with Gasteiger partial charge in [-0.3, -0.25) is 4.90 Å². The van der Waals surface area contributed by atoms with Crippen molar-refractivity contribution in [1.82, 2.24) is 19.9 Å². The van der Waals surface area contributed by atoms with Crippen LogP contribution in [-0.4, -0.2) is 59.1 Å². The van der Waals surface area contributed by atoms with E-state index >= 15 is 0 Å². The van der Waals surface area contributed by atoms with Crippen LogP contribution in [0.25, 0.3) is 0 Å². The van der Waals surface area contributed by atoms with Gasteiger partial charge in [-0.05, 0) is 26.7 Å². The number of hydrogen-bond donors (Lipinski definition) is 0. The summed E-state index contributed by atoms with van der Waals surface area (Å²) in [5.41, 5.74) is 2.26. The highest BCUT2D eigenvalue weighted by atomic mass is 32.1. The third-order valence-electron chi connectivity index (χ3n) is 4.97. The molecule has 0 saturated carbocycles. The number of nitrogens with zero attached hydrogens (tertiary/aromatic N) is 6. The summed E-state index contributed by atoms with van der Waals surface area (Å²) in [5, 5.41) is 3.32. The van der Waals surface area contributed by atoms with E-state index in [1.165, 1.54) is 18.5 Å². The summed E-state index contributed by atoms with van der Waals surface area (Å²) < 4.78 is 0. The van der Waals surface area contributed by atoms with Crippen LogP contribution in [0.5, 0.6) is 0 Å². The van der Waals surface area contributed by atoms with E-state index in [9.17, 15) is 0 Å². The van der Waals surface area contributed by atoms with Crippen LogP contribution >= 0.6 is 11.3 Å². The number of aryl methyl sites for hydroxylation is 2. The third-order valence-corrected chi connectivity index (χ3v) is 5.79. The maximum absolute atomic E-state index is 4.86. The van der Waals surface area contributed by atoms with Crippen molar-refractivity contribution in [3.05, 3.63) is 27.8 Å². The van der Waals surface area contributed by atoms with E-state index < -0.39 is 0 Å². The van der Waals surface area contributed by atoms with Crippen LogP contribution in [0, 0.1) is 13.8 Å². The first-order chi connectivity index (χ1) is 12.2. The molecule has 0 radical (unpaired) electrons. The zero-order valence-corrected chi connectivity index (χ0v) is 15.9. The van der Waals surface area contributed by atoms with Crippen molar-refractivity contribution in [2.45, 2.75) is 33.2 Å². The van der Waals surface area contributed by atoms with Crippen molar-refractivity contribution in [2.75, 3.05) is 49.1 Å². The van der Waals surface area contributed by atoms with E-state index in [1.807, 2.05) is 0 Å². The molecular weight excluding hydrogens is 332 g/mol. The molecule has 6 nitrogen and oxygen atoms in total. The Morgan fingerprint density at radius 3 is 2.36 bits per heavy atom. The lowest BCUT2D eigenvalue weighted by Gasteiger charge is -2.34. The molecule has 2 aromatic rings. The highest BCUT2D eigenvalue weighted by Crippen LogP contribution is 2.22. The van der Waals surface area contributed by atoms with Crippen LogP contribution < -0.4 is 9.80 Å². The van der Waals surface area contributed by atoms with E-state index in [1.54, 1.807) is 11.3 Å². The lowest BCUT2D eigenvalue weighted by atomic mass is 10.3. The average Bonchev–Trinajstić information content (AvgIpc) is 3.27. The Morgan fingerprint density at radius 2 is 1.68 bits per heavy atom. The van der Waals surface area contributed by atoms with Gasteiger partial charge in [-0.15, -0.1) is 11.3 Å². The second-order valence-corrected chi connectivity index (χ2v) is 8.04. The monoisotopic (exact) mass is 358 g/mol. The van der Waals surface area contributed by atoms with Crippen molar-refractivity contribution in [3.63, 3.8) is 0 Å². The SMILES string of the molecule is Cc1cc(N2CCCC2)nc(N2CCN(Cc3csc(C)n3)CC2)n1. The van der Waals surface area contributed by atoms with Crippen molar-refractivity contribution >= 4 is 23.1 Å². The minimum atomic E-state index is 0.894. The quantitative estimate of drug-likeness (QED) is 0.837. The normalized spacial score (nSPS) is 19.0. The molecule has 2 saturated heterocycles. The Kier molecular flexibility index (Phi) is 4.85. The summed E-state index contributed by atoms with van der Waals surface area (Å²) in [6, 6.07) is 2.12. The summed E-state index contributed by atoms with van der Waals surface area (Å²) in [5.74, 6) is 1.99. The predicted molar refractivity (Wildman–Crippen MR) is 103 cm³/mol. The fourth-order valence-electron chi connectivity index (χ4n) is 3.60. The molecule has 0 amide bonds. The molecule has 7 heteroatoms. The first-order valence-corrected chi connectivity index (χ1v) is 10.0. The molecule has 2 fully saturated rings. The second-order valence-electron chi connectivity index (χ2n) is 6.98. The summed E-state index contributed by atoms with van der Waals surface area (Å²) >= 11 is 1.73. The standard InChI is InChI=1S/C18H26N6S/c1-14-11-17(23-5-3-4-6-23)21-18(19-14)24-9-7-22(8-10-24)12-16-13-25-15(2)20-16/h11,13H,3-10,12H2,1-2H3. The van der Waals surface area contributed by atoms with Gasteiger partial charge in [0.2, 0.25) is 5.95 Å². The number of aromatic nitrogens is 3. The Bertz CT molecular complexity index is 716. The Hall–Kier alpha value is -1.73. The van der Waals surface area contributed by atoms with E-state index in [-0.39, 0.29) is 0 Å². The topological polar surface area (TPSA) is 48.4 Å². The summed E-state index contributed by atoms with van der Waals surface area (Å²) in [6.45, 7) is 11.4. The largest absolute Gasteiger partial charge is 0.356 e. The molecule has 0 N–H and O–H groups in total. The van der Waals surface area contributed by atoms with Crippen molar-refractivity contribution in [1.29, 1.82) is 0 Å². The lowest BCUT2D eigenvalue weighted by molar-refractivity contribution is 0.246. The van der Waals surface area contributed by atoms with Crippen LogP contribution in [-0.2, 0) is 6.54 Å². The highest BCUT2D eigenvalue weighted by Gasteiger charge is 2.22. The molecule has 0 unspecified atom stereocenters. The first-order valence-electron chi connectivity index (χ1n) is 9.16. The zero-order valence-electron chi connectivity index (χ0n) is 15.1. The van der Waals surface area contributed by atoms with E-state index in [0.717, 1.165) is 68.3 Å². The molecule has 25 heavy (non-hydrogen) atoms. The van der Waals surface area contributed by atoms with Gasteiger partial charge in [0.25, 0.3) is 0 Å². The minimum Gasteiger partial charge on any atom is -0.356 e. The lowest BCUT2D eigenvalue weighted by Crippen LogP contribution is -2.46. The van der Waals surface area contributed by atoms with Crippen LogP contribution in [0.4, 0.5) is 11.8 Å². The first kappa shape index (κ1) is 16.7. The Labute approximate surface area is 153 Å². The second kappa shape index (κ2) is 7.25. The van der Waals surface area contributed by atoms with Crippen LogP contribution in [0.3, 0.4) is 0 Å². The number of hydrogen-bond acceptors (Lipinski definition) is 7. The summed E-state index contributed by atoms with van der Waals surface area (Å²) in [7, 11) is 0. The average molecular weight is 359 g/mol. The Balaban J connectivity index is 1.40. The van der Waals surface area contributed by atoms with Crippen LogP contribution in [0.2, 0.25) is 0 Å². The molecule has 4 heterocycles. The smallest absolute Gasteiger partial charge is 0.227 e. The molecule has 2 aliphatic rings. The predicted octanol–water partition coefficient (Wildman–Crippen LogP) is 2.47. The van der Waals surface area contributed by atoms with Crippen molar-refractivity contribution < 1.29 is 0 Å². The van der Waals surface area contributed by atoms with E-state index in [4.69, 9.17) is 9.97 Å². The van der Waals surface area contributed by atoms with Gasteiger partial charge in [0.15, 0.2) is 0 Å². The molecule has 2 aliphatic heterocycles. The summed E-state index contributed by atoms with van der Waals surface area (Å²) in [6.07, 6.45) is 2.54. The highest BCUT2D eigenvalue weighted by molar-refractivity contribution is 7.09. The van der Waals surface area contributed by atoms with Crippen molar-refractivity contribution in [3.8, 4) is 0 Å². The van der Waals surface area contributed by atoms with E-state index in [0.29, 0.717) is 0 Å². The van der Waals surface area contributed by atoms with Gasteiger partial charge in [-0.25, -0.2) is 9.97 Å². The van der Waals surface area contributed by atoms with Gasteiger partial charge in [-0.1, -0.05) is 0 Å². The molecule has 0 spiro atoms. The number of anilines is 2. The maximum atomic E-state index is 4.86. The van der Waals surface area contributed by atoms with Gasteiger partial charge in [0.1, 0.15) is 5.82 Å². The molecule has 2 aromatic heterocycles. The van der Waals surface area contributed by atoms with Gasteiger partial charge in [-0.2, -0.15) is 4.98 Å².